The van der Waals surface area contributed by atoms with Crippen molar-refractivity contribution in [2.75, 3.05) is 26.9 Å². The van der Waals surface area contributed by atoms with Crippen molar-refractivity contribution < 1.29 is 28.5 Å². The predicted octanol–water partition coefficient (Wildman–Crippen LogP) is 6.34. The average molecular weight is 679 g/mol. The zero-order valence-electron chi connectivity index (χ0n) is 28.1. The SMILES string of the molecule is CCOC(=O)C1=C(C)N=c2s/c(=C\c3ccc(OCc4cccc5ccccc45)c(OCC)c3)c(=O)n2[C@@H]1c1ccc(OC)c(OCC)c1. The molecule has 9 nitrogen and oxygen atoms in total. The molecule has 0 N–H and O–H groups in total. The van der Waals surface area contributed by atoms with Gasteiger partial charge in [-0.15, -0.1) is 0 Å². The number of esters is 1. The van der Waals surface area contributed by atoms with Gasteiger partial charge >= 0.3 is 5.97 Å². The molecule has 0 aliphatic carbocycles. The number of rotatable bonds is 12. The van der Waals surface area contributed by atoms with Gasteiger partial charge in [0.05, 0.1) is 48.8 Å². The van der Waals surface area contributed by atoms with Crippen LogP contribution in [-0.4, -0.2) is 37.5 Å². The normalized spacial score (nSPS) is 14.3. The maximum absolute atomic E-state index is 14.2. The van der Waals surface area contributed by atoms with Gasteiger partial charge in [0.1, 0.15) is 6.61 Å². The summed E-state index contributed by atoms with van der Waals surface area (Å²) in [6.45, 7) is 8.71. The number of fused-ring (bicyclic) bond motifs is 2. The Balaban J connectivity index is 1.40. The minimum atomic E-state index is -0.786. The molecule has 49 heavy (non-hydrogen) atoms. The Morgan fingerprint density at radius 2 is 1.59 bits per heavy atom. The number of methoxy groups -OCH3 is 1. The Morgan fingerprint density at radius 3 is 2.35 bits per heavy atom. The lowest BCUT2D eigenvalue weighted by atomic mass is 9.95. The first-order valence-electron chi connectivity index (χ1n) is 16.2. The highest BCUT2D eigenvalue weighted by Crippen LogP contribution is 2.36. The number of hydrogen-bond acceptors (Lipinski definition) is 9. The molecule has 2 heterocycles. The van der Waals surface area contributed by atoms with Crippen molar-refractivity contribution in [2.24, 2.45) is 4.99 Å². The number of ether oxygens (including phenoxy) is 5. The molecule has 4 aromatic carbocycles. The van der Waals surface area contributed by atoms with Crippen molar-refractivity contribution in [3.8, 4) is 23.0 Å². The molecular weight excluding hydrogens is 641 g/mol. The van der Waals surface area contributed by atoms with E-state index < -0.39 is 12.0 Å². The Hall–Kier alpha value is -5.35. The highest BCUT2D eigenvalue weighted by Gasteiger charge is 2.34. The lowest BCUT2D eigenvalue weighted by molar-refractivity contribution is -0.139. The first-order chi connectivity index (χ1) is 23.9. The molecule has 0 fully saturated rings. The van der Waals surface area contributed by atoms with Crippen LogP contribution in [0.25, 0.3) is 16.8 Å². The van der Waals surface area contributed by atoms with Crippen LogP contribution in [-0.2, 0) is 16.1 Å². The lowest BCUT2D eigenvalue weighted by Crippen LogP contribution is -2.40. The number of carbonyl (C=O) groups is 1. The third-order valence-electron chi connectivity index (χ3n) is 8.15. The topological polar surface area (TPSA) is 97.6 Å². The zero-order valence-corrected chi connectivity index (χ0v) is 29.0. The Labute approximate surface area is 288 Å². The van der Waals surface area contributed by atoms with Crippen LogP contribution in [0.5, 0.6) is 23.0 Å². The summed E-state index contributed by atoms with van der Waals surface area (Å²) >= 11 is 1.25. The van der Waals surface area contributed by atoms with Gasteiger partial charge in [-0.05, 0) is 85.5 Å². The van der Waals surface area contributed by atoms with Crippen LogP contribution in [0.1, 0.15) is 50.4 Å². The molecule has 5 aromatic rings. The van der Waals surface area contributed by atoms with Crippen LogP contribution in [0.4, 0.5) is 0 Å². The lowest BCUT2D eigenvalue weighted by Gasteiger charge is -2.25. The fourth-order valence-electron chi connectivity index (χ4n) is 5.97. The Kier molecular flexibility index (Phi) is 10.1. The fourth-order valence-corrected chi connectivity index (χ4v) is 7.01. The largest absolute Gasteiger partial charge is 0.493 e. The summed E-state index contributed by atoms with van der Waals surface area (Å²) in [4.78, 5) is 32.7. The number of nitrogens with zero attached hydrogens (tertiary/aromatic N) is 2. The second-order valence-electron chi connectivity index (χ2n) is 11.2. The Bertz CT molecular complexity index is 2230. The highest BCUT2D eigenvalue weighted by atomic mass is 32.1. The molecule has 0 unspecified atom stereocenters. The summed E-state index contributed by atoms with van der Waals surface area (Å²) < 4.78 is 31.0. The second kappa shape index (κ2) is 14.8. The van der Waals surface area contributed by atoms with Crippen LogP contribution in [0, 0.1) is 0 Å². The summed E-state index contributed by atoms with van der Waals surface area (Å²) in [7, 11) is 1.56. The van der Waals surface area contributed by atoms with E-state index in [0.717, 1.165) is 21.9 Å². The zero-order chi connectivity index (χ0) is 34.5. The molecule has 1 aliphatic rings. The van der Waals surface area contributed by atoms with Crippen LogP contribution >= 0.6 is 11.3 Å². The second-order valence-corrected chi connectivity index (χ2v) is 12.2. The van der Waals surface area contributed by atoms with Gasteiger partial charge < -0.3 is 23.7 Å². The third kappa shape index (κ3) is 6.82. The number of hydrogen-bond donors (Lipinski definition) is 0. The van der Waals surface area contributed by atoms with Gasteiger partial charge in [-0.3, -0.25) is 9.36 Å². The van der Waals surface area contributed by atoms with Crippen molar-refractivity contribution in [2.45, 2.75) is 40.3 Å². The molecule has 6 rings (SSSR count). The fraction of sp³-hybridized carbons (Fsp3) is 0.256. The maximum Gasteiger partial charge on any atom is 0.338 e. The molecule has 0 bridgehead atoms. The molecule has 1 aromatic heterocycles. The van der Waals surface area contributed by atoms with Gasteiger partial charge in [-0.25, -0.2) is 9.79 Å². The minimum absolute atomic E-state index is 0.184. The van der Waals surface area contributed by atoms with Gasteiger partial charge in [-0.1, -0.05) is 65.9 Å². The minimum Gasteiger partial charge on any atom is -0.493 e. The molecule has 1 atom stereocenters. The van der Waals surface area contributed by atoms with Gasteiger partial charge in [-0.2, -0.15) is 0 Å². The van der Waals surface area contributed by atoms with E-state index >= 15 is 0 Å². The number of thiazole rings is 1. The van der Waals surface area contributed by atoms with Gasteiger partial charge in [0.15, 0.2) is 27.8 Å². The molecule has 0 spiro atoms. The highest BCUT2D eigenvalue weighted by molar-refractivity contribution is 7.07. The van der Waals surface area contributed by atoms with Gasteiger partial charge in [0.2, 0.25) is 0 Å². The van der Waals surface area contributed by atoms with Crippen molar-refractivity contribution in [1.82, 2.24) is 4.57 Å². The van der Waals surface area contributed by atoms with E-state index in [0.29, 0.717) is 69.0 Å². The number of carbonyl (C=O) groups excluding carboxylic acids is 1. The molecule has 0 amide bonds. The molecule has 252 valence electrons. The van der Waals surface area contributed by atoms with E-state index in [2.05, 4.69) is 24.3 Å². The van der Waals surface area contributed by atoms with E-state index in [1.165, 1.54) is 11.3 Å². The van der Waals surface area contributed by atoms with Crippen LogP contribution < -0.4 is 33.8 Å². The number of benzene rings is 4. The first kappa shape index (κ1) is 33.5. The van der Waals surface area contributed by atoms with E-state index in [1.54, 1.807) is 43.7 Å². The van der Waals surface area contributed by atoms with Crippen molar-refractivity contribution in [3.05, 3.63) is 127 Å². The monoisotopic (exact) mass is 678 g/mol. The summed E-state index contributed by atoms with van der Waals surface area (Å²) in [5.41, 5.74) is 2.98. The molecule has 0 radical (unpaired) electrons. The van der Waals surface area contributed by atoms with E-state index in [1.807, 2.05) is 56.3 Å². The smallest absolute Gasteiger partial charge is 0.338 e. The molecular formula is C39H38N2O7S. The molecule has 1 aliphatic heterocycles. The van der Waals surface area contributed by atoms with Crippen LogP contribution in [0.3, 0.4) is 0 Å². The number of aromatic nitrogens is 1. The van der Waals surface area contributed by atoms with Gasteiger partial charge in [0.25, 0.3) is 5.56 Å². The number of allylic oxidation sites excluding steroid dienone is 1. The van der Waals surface area contributed by atoms with Crippen molar-refractivity contribution in [3.63, 3.8) is 0 Å². The molecule has 10 heteroatoms. The van der Waals surface area contributed by atoms with Crippen molar-refractivity contribution in [1.29, 1.82) is 0 Å². The van der Waals surface area contributed by atoms with Crippen LogP contribution in [0.2, 0.25) is 0 Å². The first-order valence-corrected chi connectivity index (χ1v) is 17.0. The Morgan fingerprint density at radius 1 is 0.857 bits per heavy atom. The standard InChI is InChI=1S/C39H38N2O7S/c1-6-45-32-20-25(16-18-31(32)48-23-28-14-11-13-26-12-9-10-15-29(26)28)21-34-37(42)41-36(27-17-19-30(44-5)33(22-27)46-7-2)35(38(43)47-8-3)24(4)40-39(41)49-34/h9-22,36H,6-8,23H2,1-5H3/b34-21-/t36-/m1/s1. The molecule has 0 saturated carbocycles. The van der Waals surface area contributed by atoms with Gasteiger partial charge in [0, 0.05) is 0 Å². The summed E-state index contributed by atoms with van der Waals surface area (Å²) in [6, 6.07) is 24.6. The van der Waals surface area contributed by atoms with E-state index in [9.17, 15) is 9.59 Å². The summed E-state index contributed by atoms with van der Waals surface area (Å²) in [5.74, 6) is 1.70. The molecule has 0 saturated heterocycles. The summed E-state index contributed by atoms with van der Waals surface area (Å²) in [5, 5.41) is 2.29. The summed E-state index contributed by atoms with van der Waals surface area (Å²) in [6.07, 6.45) is 1.81. The van der Waals surface area contributed by atoms with E-state index in [-0.39, 0.29) is 12.2 Å². The van der Waals surface area contributed by atoms with Crippen LogP contribution in [0.15, 0.2) is 99.9 Å². The third-order valence-corrected chi connectivity index (χ3v) is 9.13. The van der Waals surface area contributed by atoms with Crippen molar-refractivity contribution >= 4 is 34.2 Å². The predicted molar refractivity (Wildman–Crippen MR) is 190 cm³/mol. The quantitative estimate of drug-likeness (QED) is 0.142. The average Bonchev–Trinajstić information content (AvgIpc) is 3.41. The maximum atomic E-state index is 14.2. The van der Waals surface area contributed by atoms with E-state index in [4.69, 9.17) is 28.7 Å².